The van der Waals surface area contributed by atoms with Gasteiger partial charge in [-0.25, -0.2) is 4.79 Å². The Morgan fingerprint density at radius 1 is 1.19 bits per heavy atom. The van der Waals surface area contributed by atoms with Crippen molar-refractivity contribution in [1.29, 1.82) is 0 Å². The lowest BCUT2D eigenvalue weighted by Crippen LogP contribution is -2.23. The van der Waals surface area contributed by atoms with Gasteiger partial charge >= 0.3 is 11.9 Å². The predicted molar refractivity (Wildman–Crippen MR) is 95.7 cm³/mol. The molecule has 0 aromatic heterocycles. The van der Waals surface area contributed by atoms with Crippen LogP contribution in [0.4, 0.5) is 5.69 Å². The average molecular weight is 359 g/mol. The summed E-state index contributed by atoms with van der Waals surface area (Å²) < 4.78 is 9.82. The largest absolute Gasteiger partial charge is 0.465 e. The molecule has 3 rings (SSSR count). The Morgan fingerprint density at radius 2 is 2.00 bits per heavy atom. The fraction of sp³-hybridized carbons (Fsp3) is 0.550. The number of rotatable bonds is 6. The Bertz CT molecular complexity index is 714. The van der Waals surface area contributed by atoms with Crippen LogP contribution in [0.15, 0.2) is 18.2 Å². The van der Waals surface area contributed by atoms with E-state index in [-0.39, 0.29) is 12.6 Å². The molecule has 0 heterocycles. The van der Waals surface area contributed by atoms with Crippen LogP contribution in [0.2, 0.25) is 0 Å². The van der Waals surface area contributed by atoms with Crippen molar-refractivity contribution < 1.29 is 23.9 Å². The van der Waals surface area contributed by atoms with E-state index in [2.05, 4.69) is 10.1 Å². The molecule has 0 aliphatic heterocycles. The number of fused-ring (bicyclic) bond motifs is 2. The highest BCUT2D eigenvalue weighted by molar-refractivity contribution is 5.96. The van der Waals surface area contributed by atoms with Crippen LogP contribution in [-0.4, -0.2) is 31.6 Å². The number of carbonyl (C=O) groups excluding carboxylic acids is 3. The molecule has 6 nitrogen and oxygen atoms in total. The van der Waals surface area contributed by atoms with Crippen LogP contribution in [0.5, 0.6) is 0 Å². The summed E-state index contributed by atoms with van der Waals surface area (Å²) in [4.78, 5) is 35.7. The number of nitrogens with one attached hydrogen (secondary N) is 1. The zero-order valence-electron chi connectivity index (χ0n) is 15.2. The van der Waals surface area contributed by atoms with Crippen LogP contribution in [0, 0.1) is 24.7 Å². The van der Waals surface area contributed by atoms with Gasteiger partial charge in [-0.15, -0.1) is 0 Å². The summed E-state index contributed by atoms with van der Waals surface area (Å²) in [6.07, 6.45) is 5.28. The van der Waals surface area contributed by atoms with E-state index in [1.54, 1.807) is 18.2 Å². The summed E-state index contributed by atoms with van der Waals surface area (Å²) in [7, 11) is 1.30. The summed E-state index contributed by atoms with van der Waals surface area (Å²) in [5.41, 5.74) is 1.66. The van der Waals surface area contributed by atoms with Gasteiger partial charge in [0.1, 0.15) is 0 Å². The molecule has 1 aromatic rings. The van der Waals surface area contributed by atoms with Gasteiger partial charge in [-0.05, 0) is 61.6 Å². The summed E-state index contributed by atoms with van der Waals surface area (Å²) >= 11 is 0. The third-order valence-electron chi connectivity index (χ3n) is 5.61. The molecule has 6 heteroatoms. The second-order valence-electron chi connectivity index (χ2n) is 7.37. The molecule has 3 atom stereocenters. The Balaban J connectivity index is 1.48. The van der Waals surface area contributed by atoms with Crippen molar-refractivity contribution in [3.63, 3.8) is 0 Å². The van der Waals surface area contributed by atoms with Gasteiger partial charge in [-0.1, -0.05) is 12.5 Å². The lowest BCUT2D eigenvalue weighted by atomic mass is 9.86. The van der Waals surface area contributed by atoms with Gasteiger partial charge in [-0.2, -0.15) is 0 Å². The number of ether oxygens (including phenoxy) is 2. The fourth-order valence-corrected chi connectivity index (χ4v) is 4.23. The normalized spacial score (nSPS) is 23.5. The Hall–Kier alpha value is -2.37. The SMILES string of the molecule is COC(=O)c1ccc(C)c(NC(=O)COC(=O)C[C@H]2C[C@H]3CC[C@@H]2C3)c1. The number of aryl methyl sites for hydroxylation is 1. The number of benzene rings is 1. The molecule has 2 fully saturated rings. The second-order valence-corrected chi connectivity index (χ2v) is 7.37. The maximum Gasteiger partial charge on any atom is 0.337 e. The molecule has 0 spiro atoms. The molecule has 1 aromatic carbocycles. The number of hydrogen-bond donors (Lipinski definition) is 1. The van der Waals surface area contributed by atoms with Crippen LogP contribution >= 0.6 is 0 Å². The Morgan fingerprint density at radius 3 is 2.65 bits per heavy atom. The molecule has 2 aliphatic carbocycles. The number of hydrogen-bond acceptors (Lipinski definition) is 5. The highest BCUT2D eigenvalue weighted by Crippen LogP contribution is 2.49. The predicted octanol–water partition coefficient (Wildman–Crippen LogP) is 3.09. The molecule has 0 radical (unpaired) electrons. The molecule has 1 amide bonds. The van der Waals surface area contributed by atoms with E-state index >= 15 is 0 Å². The monoisotopic (exact) mass is 359 g/mol. The number of methoxy groups -OCH3 is 1. The minimum absolute atomic E-state index is 0.308. The zero-order chi connectivity index (χ0) is 18.7. The highest BCUT2D eigenvalue weighted by Gasteiger charge is 2.40. The third kappa shape index (κ3) is 4.23. The molecule has 0 saturated heterocycles. The van der Waals surface area contributed by atoms with Gasteiger partial charge in [0.2, 0.25) is 0 Å². The molecule has 2 aliphatic rings. The third-order valence-corrected chi connectivity index (χ3v) is 5.61. The van der Waals surface area contributed by atoms with E-state index in [9.17, 15) is 14.4 Å². The van der Waals surface area contributed by atoms with Crippen molar-refractivity contribution in [3.8, 4) is 0 Å². The Labute approximate surface area is 153 Å². The van der Waals surface area contributed by atoms with Gasteiger partial charge in [0.05, 0.1) is 12.7 Å². The number of anilines is 1. The average Bonchev–Trinajstić information content (AvgIpc) is 3.24. The quantitative estimate of drug-likeness (QED) is 0.789. The van der Waals surface area contributed by atoms with Gasteiger partial charge in [0.25, 0.3) is 5.91 Å². The van der Waals surface area contributed by atoms with Gasteiger partial charge in [0.15, 0.2) is 6.61 Å². The minimum Gasteiger partial charge on any atom is -0.465 e. The summed E-state index contributed by atoms with van der Waals surface area (Å²) in [6, 6.07) is 4.91. The van der Waals surface area contributed by atoms with E-state index in [1.807, 2.05) is 6.92 Å². The maximum absolute atomic E-state index is 12.1. The fourth-order valence-electron chi connectivity index (χ4n) is 4.23. The van der Waals surface area contributed by atoms with Crippen molar-refractivity contribution in [2.24, 2.45) is 17.8 Å². The van der Waals surface area contributed by atoms with Gasteiger partial charge < -0.3 is 14.8 Å². The van der Waals surface area contributed by atoms with E-state index in [1.165, 1.54) is 26.4 Å². The second kappa shape index (κ2) is 7.89. The molecule has 1 N–H and O–H groups in total. The van der Waals surface area contributed by atoms with Crippen molar-refractivity contribution in [3.05, 3.63) is 29.3 Å². The van der Waals surface area contributed by atoms with Crippen molar-refractivity contribution in [1.82, 2.24) is 0 Å². The number of carbonyl (C=O) groups is 3. The summed E-state index contributed by atoms with van der Waals surface area (Å²) in [6.45, 7) is 1.50. The molecule has 140 valence electrons. The van der Waals surface area contributed by atoms with E-state index in [0.717, 1.165) is 17.9 Å². The van der Waals surface area contributed by atoms with Crippen LogP contribution in [-0.2, 0) is 19.1 Å². The first-order valence-corrected chi connectivity index (χ1v) is 9.10. The van der Waals surface area contributed by atoms with E-state index < -0.39 is 11.9 Å². The smallest absolute Gasteiger partial charge is 0.337 e. The van der Waals surface area contributed by atoms with E-state index in [4.69, 9.17) is 4.74 Å². The van der Waals surface area contributed by atoms with Crippen molar-refractivity contribution in [2.45, 2.75) is 39.0 Å². The zero-order valence-corrected chi connectivity index (χ0v) is 15.2. The van der Waals surface area contributed by atoms with Crippen LogP contribution < -0.4 is 5.32 Å². The maximum atomic E-state index is 12.1. The van der Waals surface area contributed by atoms with Crippen LogP contribution in [0.25, 0.3) is 0 Å². The molecule has 2 saturated carbocycles. The standard InChI is InChI=1S/C20H25NO5/c1-12-3-5-15(20(24)25-2)9-17(12)21-18(22)11-26-19(23)10-16-8-13-4-6-14(16)7-13/h3,5,9,13-14,16H,4,6-8,10-11H2,1-2H3,(H,21,22)/t13-,14+,16+/m0/s1. The van der Waals surface area contributed by atoms with Gasteiger partial charge in [-0.3, -0.25) is 9.59 Å². The number of esters is 2. The summed E-state index contributed by atoms with van der Waals surface area (Å²) in [5.74, 6) is 0.659. The van der Waals surface area contributed by atoms with Crippen LogP contribution in [0.3, 0.4) is 0 Å². The van der Waals surface area contributed by atoms with E-state index in [0.29, 0.717) is 29.5 Å². The molecule has 0 unspecified atom stereocenters. The molecule has 2 bridgehead atoms. The lowest BCUT2D eigenvalue weighted by molar-refractivity contribution is -0.148. The van der Waals surface area contributed by atoms with Gasteiger partial charge in [0, 0.05) is 12.1 Å². The summed E-state index contributed by atoms with van der Waals surface area (Å²) in [5, 5.41) is 2.68. The topological polar surface area (TPSA) is 81.7 Å². The van der Waals surface area contributed by atoms with Crippen LogP contribution in [0.1, 0.15) is 48.0 Å². The Kier molecular flexibility index (Phi) is 5.59. The molecular formula is C20H25NO5. The van der Waals surface area contributed by atoms with Crippen molar-refractivity contribution >= 4 is 23.5 Å². The minimum atomic E-state index is -0.474. The first-order chi connectivity index (χ1) is 12.5. The first kappa shape index (κ1) is 18.4. The molecule has 26 heavy (non-hydrogen) atoms. The number of amides is 1. The first-order valence-electron chi connectivity index (χ1n) is 9.10. The molecular weight excluding hydrogens is 334 g/mol. The van der Waals surface area contributed by atoms with Crippen molar-refractivity contribution in [2.75, 3.05) is 19.0 Å². The lowest BCUT2D eigenvalue weighted by Gasteiger charge is -2.20. The highest BCUT2D eigenvalue weighted by atomic mass is 16.5.